The van der Waals surface area contributed by atoms with Crippen LogP contribution >= 0.6 is 0 Å². The Bertz CT molecular complexity index is 292. The van der Waals surface area contributed by atoms with Crippen molar-refractivity contribution in [3.63, 3.8) is 0 Å². The smallest absolute Gasteiger partial charge is 0.454 e. The van der Waals surface area contributed by atoms with Crippen LogP contribution in [0.5, 0.6) is 0 Å². The molecule has 0 unspecified atom stereocenters. The highest BCUT2D eigenvalue weighted by molar-refractivity contribution is 6.36. The van der Waals surface area contributed by atoms with Crippen molar-refractivity contribution in [3.8, 4) is 0 Å². The van der Waals surface area contributed by atoms with Crippen LogP contribution in [0, 0.1) is 0 Å². The molecule has 0 amide bonds. The summed E-state index contributed by atoms with van der Waals surface area (Å²) in [6, 6.07) is 0. The topological polar surface area (TPSA) is 27.7 Å². The van der Waals surface area contributed by atoms with Gasteiger partial charge in [0.25, 0.3) is 0 Å². The van der Waals surface area contributed by atoms with Gasteiger partial charge in [-0.3, -0.25) is 0 Å². The summed E-state index contributed by atoms with van der Waals surface area (Å²) in [5.41, 5.74) is 0. The highest BCUT2D eigenvalue weighted by atomic mass is 27.3. The number of hydrogen-bond acceptors (Lipinski definition) is 3. The number of alkyl halides is 9. The molecule has 0 fully saturated rings. The monoisotopic (exact) mass is 408 g/mol. The lowest BCUT2D eigenvalue weighted by Crippen LogP contribution is -2.29. The van der Waals surface area contributed by atoms with Gasteiger partial charge in [-0.15, -0.1) is 0 Å². The van der Waals surface area contributed by atoms with Gasteiger partial charge >= 0.3 is 33.7 Å². The van der Waals surface area contributed by atoms with E-state index in [4.69, 9.17) is 11.4 Å². The fraction of sp³-hybridized carbons (Fsp3) is 1.00. The summed E-state index contributed by atoms with van der Waals surface area (Å²) in [6.45, 7) is -1.22. The number of rotatable bonds is 12. The van der Waals surface area contributed by atoms with E-state index in [1.54, 1.807) is 0 Å². The van der Waals surface area contributed by atoms with Crippen LogP contribution in [0.4, 0.5) is 39.5 Å². The molecule has 0 aliphatic rings. The van der Waals surface area contributed by atoms with E-state index in [1.807, 2.05) is 0 Å². The fourth-order valence-electron chi connectivity index (χ4n) is 1.50. The number of hydrogen-bond donors (Lipinski definition) is 0. The molecular formula is C12H18AlF9O3. The van der Waals surface area contributed by atoms with E-state index < -0.39 is 92.0 Å². The van der Waals surface area contributed by atoms with Crippen LogP contribution in [0.1, 0.15) is 38.5 Å². The summed E-state index contributed by atoms with van der Waals surface area (Å²) in [6.07, 6.45) is -17.8. The first-order chi connectivity index (χ1) is 11.3. The molecule has 25 heavy (non-hydrogen) atoms. The molecule has 0 aromatic carbocycles. The van der Waals surface area contributed by atoms with Crippen LogP contribution in [-0.2, 0) is 11.4 Å². The van der Waals surface area contributed by atoms with Gasteiger partial charge in [0.1, 0.15) is 0 Å². The van der Waals surface area contributed by atoms with Crippen molar-refractivity contribution in [1.82, 2.24) is 0 Å². The first-order valence-corrected chi connectivity index (χ1v) is 8.75. The number of halogens is 9. The summed E-state index contributed by atoms with van der Waals surface area (Å²) in [4.78, 5) is 0. The molecule has 0 heterocycles. The van der Waals surface area contributed by atoms with Gasteiger partial charge < -0.3 is 11.4 Å². The van der Waals surface area contributed by atoms with Gasteiger partial charge in [0.05, 0.1) is 0 Å². The zero-order valence-electron chi connectivity index (χ0n) is 13.1. The average molecular weight is 408 g/mol. The molecular weight excluding hydrogens is 390 g/mol. The van der Waals surface area contributed by atoms with Crippen molar-refractivity contribution >= 4 is 15.1 Å². The predicted molar refractivity (Wildman–Crippen MR) is 69.5 cm³/mol. The predicted octanol–water partition coefficient (Wildman–Crippen LogP) is 5.05. The molecule has 0 saturated carbocycles. The lowest BCUT2D eigenvalue weighted by Gasteiger charge is -2.15. The molecule has 0 aliphatic heterocycles. The second-order valence-corrected chi connectivity index (χ2v) is 6.63. The first kappa shape index (κ1) is 24.8. The Morgan fingerprint density at radius 2 is 0.720 bits per heavy atom. The lowest BCUT2D eigenvalue weighted by molar-refractivity contribution is -0.137. The van der Waals surface area contributed by atoms with Crippen molar-refractivity contribution in [3.05, 3.63) is 0 Å². The second-order valence-electron chi connectivity index (χ2n) is 5.06. The summed E-state index contributed by atoms with van der Waals surface area (Å²) in [5.74, 6) is 0. The summed E-state index contributed by atoms with van der Waals surface area (Å²) >= 11 is -3.09. The molecule has 3 nitrogen and oxygen atoms in total. The Morgan fingerprint density at radius 3 is 0.920 bits per heavy atom. The Morgan fingerprint density at radius 1 is 0.480 bits per heavy atom. The fourth-order valence-corrected chi connectivity index (χ4v) is 2.87. The summed E-state index contributed by atoms with van der Waals surface area (Å²) in [7, 11) is 0. The molecule has 0 aromatic rings. The minimum absolute atomic E-state index is 0.408. The molecule has 0 aliphatic carbocycles. The zero-order chi connectivity index (χ0) is 19.6. The van der Waals surface area contributed by atoms with Crippen LogP contribution in [0.25, 0.3) is 0 Å². The standard InChI is InChI=1S/3C4H6F3O.Al/c3*5-4(6,7)2-1-3-8;/h3*1-3H2;/q3*-1;+3. The van der Waals surface area contributed by atoms with E-state index in [9.17, 15) is 39.5 Å². The van der Waals surface area contributed by atoms with Crippen LogP contribution in [0.15, 0.2) is 0 Å². The first-order valence-electron chi connectivity index (χ1n) is 7.33. The maximum atomic E-state index is 12.0. The van der Waals surface area contributed by atoms with Gasteiger partial charge in [-0.2, -0.15) is 39.5 Å². The zero-order valence-corrected chi connectivity index (χ0v) is 14.2. The van der Waals surface area contributed by atoms with Crippen LogP contribution in [0.2, 0.25) is 0 Å². The minimum Gasteiger partial charge on any atom is -0.454 e. The molecule has 0 spiro atoms. The average Bonchev–Trinajstić information content (AvgIpc) is 2.40. The Balaban J connectivity index is 4.12. The van der Waals surface area contributed by atoms with Crippen molar-refractivity contribution in [2.45, 2.75) is 57.1 Å². The van der Waals surface area contributed by atoms with E-state index in [-0.39, 0.29) is 0 Å². The maximum Gasteiger partial charge on any atom is 0.905 e. The van der Waals surface area contributed by atoms with Crippen molar-refractivity contribution in [2.24, 2.45) is 0 Å². The van der Waals surface area contributed by atoms with Crippen molar-refractivity contribution in [2.75, 3.05) is 19.8 Å². The lowest BCUT2D eigenvalue weighted by atomic mass is 10.3. The van der Waals surface area contributed by atoms with E-state index in [1.165, 1.54) is 0 Å². The van der Waals surface area contributed by atoms with Crippen LogP contribution < -0.4 is 0 Å². The molecule has 0 bridgehead atoms. The van der Waals surface area contributed by atoms with Gasteiger partial charge in [-0.25, -0.2) is 0 Å². The van der Waals surface area contributed by atoms with Gasteiger partial charge in [0.15, 0.2) is 0 Å². The summed E-state index contributed by atoms with van der Waals surface area (Å²) < 4.78 is 123. The van der Waals surface area contributed by atoms with Crippen molar-refractivity contribution < 1.29 is 50.9 Å². The van der Waals surface area contributed by atoms with E-state index >= 15 is 0 Å². The van der Waals surface area contributed by atoms with Crippen LogP contribution in [-0.4, -0.2) is 53.5 Å². The molecule has 13 heteroatoms. The maximum absolute atomic E-state index is 12.0. The largest absolute Gasteiger partial charge is 0.905 e. The molecule has 0 radical (unpaired) electrons. The SMILES string of the molecule is FC(F)(F)CCC[O][Al]([O]CCCC(F)(F)F)[O]CCCC(F)(F)F. The van der Waals surface area contributed by atoms with Gasteiger partial charge in [-0.1, -0.05) is 0 Å². The minimum atomic E-state index is -4.39. The second kappa shape index (κ2) is 11.5. The highest BCUT2D eigenvalue weighted by Gasteiger charge is 2.34. The van der Waals surface area contributed by atoms with E-state index in [2.05, 4.69) is 0 Å². The molecule has 0 atom stereocenters. The van der Waals surface area contributed by atoms with Crippen LogP contribution in [0.3, 0.4) is 0 Å². The van der Waals surface area contributed by atoms with E-state index in [0.29, 0.717) is 0 Å². The molecule has 0 saturated heterocycles. The van der Waals surface area contributed by atoms with Crippen molar-refractivity contribution in [1.29, 1.82) is 0 Å². The summed E-state index contributed by atoms with van der Waals surface area (Å²) in [5, 5.41) is 0. The van der Waals surface area contributed by atoms with Gasteiger partial charge in [0.2, 0.25) is 0 Å². The normalized spacial score (nSPS) is 13.3. The Hall–Kier alpha value is -0.218. The Labute approximate surface area is 143 Å². The van der Waals surface area contributed by atoms with Gasteiger partial charge in [-0.05, 0) is 19.3 Å². The molecule has 150 valence electrons. The molecule has 0 aromatic heterocycles. The molecule has 0 rings (SSSR count). The molecule has 0 N–H and O–H groups in total. The Kier molecular flexibility index (Phi) is 11.4. The quantitative estimate of drug-likeness (QED) is 0.257. The van der Waals surface area contributed by atoms with E-state index in [0.717, 1.165) is 0 Å². The third-order valence-electron chi connectivity index (χ3n) is 2.58. The third kappa shape index (κ3) is 20.0. The van der Waals surface area contributed by atoms with Gasteiger partial charge in [0, 0.05) is 39.1 Å². The third-order valence-corrected chi connectivity index (χ3v) is 4.10. The highest BCUT2D eigenvalue weighted by Crippen LogP contribution is 2.23.